The van der Waals surface area contributed by atoms with Crippen molar-refractivity contribution in [2.24, 2.45) is 0 Å². The number of benzene rings is 5. The first-order valence-electron chi connectivity index (χ1n) is 14.9. The zero-order valence-electron chi connectivity index (χ0n) is 24.9. The Hall–Kier alpha value is -5.09. The predicted octanol–water partition coefficient (Wildman–Crippen LogP) is 9.40. The summed E-state index contributed by atoms with van der Waals surface area (Å²) in [6.45, 7) is 6.58. The minimum atomic E-state index is -0.200. The van der Waals surface area contributed by atoms with Crippen molar-refractivity contribution in [3.05, 3.63) is 157 Å². The van der Waals surface area contributed by atoms with Gasteiger partial charge in [-0.2, -0.15) is 0 Å². The molecule has 0 N–H and O–H groups in total. The van der Waals surface area contributed by atoms with E-state index >= 15 is 0 Å². The van der Waals surface area contributed by atoms with Crippen LogP contribution in [0.2, 0.25) is 0 Å². The van der Waals surface area contributed by atoms with Gasteiger partial charge in [0.05, 0.1) is 11.4 Å². The lowest BCUT2D eigenvalue weighted by Crippen LogP contribution is -2.54. The van der Waals surface area contributed by atoms with Gasteiger partial charge < -0.3 is 9.62 Å². The largest absolute Gasteiger partial charge is 0.423 e. The summed E-state index contributed by atoms with van der Waals surface area (Å²) in [7, 11) is 0. The van der Waals surface area contributed by atoms with E-state index in [2.05, 4.69) is 176 Å². The van der Waals surface area contributed by atoms with Gasteiger partial charge in [-0.15, -0.1) is 0 Å². The third kappa shape index (κ3) is 4.89. The highest BCUT2D eigenvalue weighted by Gasteiger charge is 2.46. The molecule has 0 amide bonds. The Morgan fingerprint density at radius 2 is 1.05 bits per heavy atom. The van der Waals surface area contributed by atoms with Gasteiger partial charge >= 0.3 is 6.98 Å². The first kappa shape index (κ1) is 26.8. The van der Waals surface area contributed by atoms with Crippen LogP contribution in [0.25, 0.3) is 22.3 Å². The molecule has 1 aliphatic rings. The van der Waals surface area contributed by atoms with Crippen molar-refractivity contribution in [2.45, 2.75) is 26.2 Å². The summed E-state index contributed by atoms with van der Waals surface area (Å²) in [5.74, 6) is 0.935. The number of hydrogen-bond donors (Lipinski definition) is 0. The topological polar surface area (TPSA) is 19.4 Å². The highest BCUT2D eigenvalue weighted by molar-refractivity contribution is 6.86. The number of para-hydroxylation sites is 3. The molecule has 1 aromatic heterocycles. The number of rotatable bonds is 5. The van der Waals surface area contributed by atoms with Gasteiger partial charge in [0.2, 0.25) is 0 Å². The summed E-state index contributed by atoms with van der Waals surface area (Å²) in [4.78, 5) is 9.96. The highest BCUT2D eigenvalue weighted by Crippen LogP contribution is 2.47. The van der Waals surface area contributed by atoms with Gasteiger partial charge in [0.25, 0.3) is 0 Å². The van der Waals surface area contributed by atoms with Crippen LogP contribution in [-0.2, 0) is 5.41 Å². The monoisotopic (exact) mass is 555 g/mol. The lowest BCUT2D eigenvalue weighted by Gasteiger charge is -2.33. The van der Waals surface area contributed by atoms with Gasteiger partial charge in [-0.1, -0.05) is 130 Å². The van der Waals surface area contributed by atoms with Crippen LogP contribution in [0.4, 0.5) is 22.9 Å². The summed E-state index contributed by atoms with van der Waals surface area (Å²) in [5.41, 5.74) is 10.7. The van der Waals surface area contributed by atoms with Crippen LogP contribution in [0.5, 0.6) is 0 Å². The van der Waals surface area contributed by atoms with Gasteiger partial charge in [-0.3, -0.25) is 0 Å². The molecule has 0 saturated carbocycles. The Morgan fingerprint density at radius 1 is 0.535 bits per heavy atom. The van der Waals surface area contributed by atoms with Crippen LogP contribution in [0.1, 0.15) is 26.3 Å². The number of pyridine rings is 1. The minimum absolute atomic E-state index is 0.0112. The standard InChI is InChI=1S/C39H34BN3/c1-39(2,3)31-26-27-41-37(28-31)43-36-25-14-13-24-35(36)42(32-20-11-6-12-21-32)40(43)38-33(29-16-7-4-8-17-29)22-15-23-34(38)30-18-9-5-10-19-30/h4-28H,1-3H3. The molecule has 7 rings (SSSR count). The van der Waals surface area contributed by atoms with Crippen LogP contribution in [0.3, 0.4) is 0 Å². The summed E-state index contributed by atoms with van der Waals surface area (Å²) in [6, 6.07) is 52.1. The maximum Gasteiger partial charge on any atom is 0.423 e. The molecule has 0 bridgehead atoms. The molecule has 0 spiro atoms. The molecule has 6 aromatic rings. The molecule has 0 radical (unpaired) electrons. The average Bonchev–Trinajstić information content (AvgIpc) is 3.40. The molecule has 5 aromatic carbocycles. The zero-order valence-corrected chi connectivity index (χ0v) is 24.9. The Labute approximate surface area is 255 Å². The Kier molecular flexibility index (Phi) is 6.83. The molecule has 0 aliphatic carbocycles. The van der Waals surface area contributed by atoms with Gasteiger partial charge in [-0.05, 0) is 75.1 Å². The van der Waals surface area contributed by atoms with Crippen molar-refractivity contribution in [3.8, 4) is 22.3 Å². The lowest BCUT2D eigenvalue weighted by molar-refractivity contribution is 0.589. The van der Waals surface area contributed by atoms with E-state index in [1.807, 2.05) is 6.20 Å². The molecule has 0 saturated heterocycles. The van der Waals surface area contributed by atoms with Crippen molar-refractivity contribution >= 4 is 35.3 Å². The van der Waals surface area contributed by atoms with Crippen molar-refractivity contribution < 1.29 is 0 Å². The lowest BCUT2D eigenvalue weighted by atomic mass is 9.59. The van der Waals surface area contributed by atoms with E-state index in [0.717, 1.165) is 22.9 Å². The number of hydrogen-bond acceptors (Lipinski definition) is 3. The summed E-state index contributed by atoms with van der Waals surface area (Å²) >= 11 is 0. The van der Waals surface area contributed by atoms with Gasteiger partial charge in [0, 0.05) is 11.9 Å². The molecule has 208 valence electrons. The van der Waals surface area contributed by atoms with E-state index < -0.39 is 0 Å². The number of aromatic nitrogens is 1. The molecule has 3 nitrogen and oxygen atoms in total. The number of anilines is 4. The molecule has 1 aliphatic heterocycles. The fourth-order valence-electron chi connectivity index (χ4n) is 6.23. The summed E-state index contributed by atoms with van der Waals surface area (Å²) in [5, 5.41) is 0. The second-order valence-electron chi connectivity index (χ2n) is 12.1. The van der Waals surface area contributed by atoms with Crippen LogP contribution < -0.4 is 15.1 Å². The smallest absolute Gasteiger partial charge is 0.360 e. The molecule has 2 heterocycles. The zero-order chi connectivity index (χ0) is 29.4. The van der Waals surface area contributed by atoms with Crippen molar-refractivity contribution in [1.29, 1.82) is 0 Å². The maximum absolute atomic E-state index is 5.04. The van der Waals surface area contributed by atoms with Crippen molar-refractivity contribution in [1.82, 2.24) is 4.98 Å². The molecular formula is C39H34BN3. The molecule has 0 atom stereocenters. The second kappa shape index (κ2) is 11.0. The van der Waals surface area contributed by atoms with Crippen LogP contribution in [-0.4, -0.2) is 12.0 Å². The summed E-state index contributed by atoms with van der Waals surface area (Å²) < 4.78 is 0. The Bertz CT molecular complexity index is 1810. The molecular weight excluding hydrogens is 521 g/mol. The Balaban J connectivity index is 1.58. The Morgan fingerprint density at radius 3 is 1.60 bits per heavy atom. The molecule has 0 unspecified atom stereocenters. The van der Waals surface area contributed by atoms with Crippen LogP contribution in [0.15, 0.2) is 152 Å². The van der Waals surface area contributed by atoms with E-state index in [9.17, 15) is 0 Å². The number of fused-ring (bicyclic) bond motifs is 1. The summed E-state index contributed by atoms with van der Waals surface area (Å²) in [6.07, 6.45) is 1.96. The van der Waals surface area contributed by atoms with Gasteiger partial charge in [0.15, 0.2) is 0 Å². The quantitative estimate of drug-likeness (QED) is 0.198. The fourth-order valence-corrected chi connectivity index (χ4v) is 6.23. The first-order valence-corrected chi connectivity index (χ1v) is 14.9. The first-order chi connectivity index (χ1) is 21.0. The van der Waals surface area contributed by atoms with Crippen molar-refractivity contribution in [3.63, 3.8) is 0 Å². The third-order valence-electron chi connectivity index (χ3n) is 8.32. The van der Waals surface area contributed by atoms with E-state index in [-0.39, 0.29) is 12.4 Å². The minimum Gasteiger partial charge on any atom is -0.360 e. The predicted molar refractivity (Wildman–Crippen MR) is 183 cm³/mol. The maximum atomic E-state index is 5.04. The average molecular weight is 556 g/mol. The second-order valence-corrected chi connectivity index (χ2v) is 12.1. The van der Waals surface area contributed by atoms with Crippen LogP contribution in [0, 0.1) is 0 Å². The molecule has 43 heavy (non-hydrogen) atoms. The van der Waals surface area contributed by atoms with Crippen molar-refractivity contribution in [2.75, 3.05) is 9.62 Å². The van der Waals surface area contributed by atoms with Gasteiger partial charge in [-0.25, -0.2) is 4.98 Å². The van der Waals surface area contributed by atoms with Crippen LogP contribution >= 0.6 is 0 Å². The normalized spacial score (nSPS) is 12.9. The van der Waals surface area contributed by atoms with Gasteiger partial charge in [0.1, 0.15) is 5.82 Å². The number of nitrogens with zero attached hydrogens (tertiary/aromatic N) is 3. The SMILES string of the molecule is CC(C)(C)c1ccnc(N2B(c3c(-c4ccccc4)cccc3-c3ccccc3)N(c3ccccc3)c3ccccc32)c1. The molecule has 4 heteroatoms. The fraction of sp³-hybridized carbons (Fsp3) is 0.103. The molecule has 0 fully saturated rings. The highest BCUT2D eigenvalue weighted by atomic mass is 15.3. The van der Waals surface area contributed by atoms with E-state index in [4.69, 9.17) is 4.98 Å². The van der Waals surface area contributed by atoms with E-state index in [0.29, 0.717) is 0 Å². The third-order valence-corrected chi connectivity index (χ3v) is 8.32. The van der Waals surface area contributed by atoms with E-state index in [1.165, 1.54) is 33.3 Å². The van der Waals surface area contributed by atoms with E-state index in [1.54, 1.807) is 0 Å².